The van der Waals surface area contributed by atoms with Gasteiger partial charge in [-0.3, -0.25) is 8.98 Å². The largest absolute Gasteiger partial charge is 0.468 e. The molecule has 0 aromatic heterocycles. The smallest absolute Gasteiger partial charge is 0.324 e. The van der Waals surface area contributed by atoms with Gasteiger partial charge in [0.25, 0.3) is 10.1 Å². The maximum absolute atomic E-state index is 12.8. The van der Waals surface area contributed by atoms with Crippen molar-refractivity contribution in [3.8, 4) is 0 Å². The lowest BCUT2D eigenvalue weighted by atomic mass is 10.2. The highest BCUT2D eigenvalue weighted by Crippen LogP contribution is 2.29. The summed E-state index contributed by atoms with van der Waals surface area (Å²) in [4.78, 5) is 12.0. The van der Waals surface area contributed by atoms with Crippen LogP contribution in [0.3, 0.4) is 0 Å². The van der Waals surface area contributed by atoms with Gasteiger partial charge in [-0.15, -0.1) is 0 Å². The Morgan fingerprint density at radius 1 is 1.17 bits per heavy atom. The second-order valence-corrected chi connectivity index (χ2v) is 9.08. The average molecular weight is 377 g/mol. The number of ether oxygens (including phenoxy) is 1. The van der Waals surface area contributed by atoms with Crippen LogP contribution in [0.5, 0.6) is 0 Å². The van der Waals surface area contributed by atoms with E-state index in [2.05, 4.69) is 4.74 Å². The zero-order valence-corrected chi connectivity index (χ0v) is 15.1. The highest BCUT2D eigenvalue weighted by Gasteiger charge is 2.46. The molecule has 1 aliphatic rings. The maximum Gasteiger partial charge on any atom is 0.324 e. The lowest BCUT2D eigenvalue weighted by Gasteiger charge is -2.21. The molecule has 0 spiro atoms. The van der Waals surface area contributed by atoms with E-state index in [-0.39, 0.29) is 17.9 Å². The molecule has 2 rings (SSSR count). The standard InChI is InChI=1S/C14H19NO7S2/c1-10-4-6-12(7-5-10)24(19,20)15-9-11(22-23(3,17)18)8-13(15)14(16)21-2/h4-7,11,13H,8-9H2,1-3H3/t11-,13+/m1/s1. The van der Waals surface area contributed by atoms with E-state index in [4.69, 9.17) is 4.18 Å². The minimum atomic E-state index is -3.99. The fourth-order valence-corrected chi connectivity index (χ4v) is 4.80. The first-order valence-corrected chi connectivity index (χ1v) is 10.3. The number of carbonyl (C=O) groups is 1. The van der Waals surface area contributed by atoms with Crippen molar-refractivity contribution in [2.45, 2.75) is 30.4 Å². The Morgan fingerprint density at radius 2 is 1.75 bits per heavy atom. The molecule has 24 heavy (non-hydrogen) atoms. The molecule has 1 fully saturated rings. The van der Waals surface area contributed by atoms with Crippen LogP contribution in [0, 0.1) is 6.92 Å². The Kier molecular flexibility index (Phi) is 5.33. The molecule has 10 heteroatoms. The molecule has 1 aromatic rings. The van der Waals surface area contributed by atoms with Crippen LogP contribution < -0.4 is 0 Å². The van der Waals surface area contributed by atoms with E-state index in [0.717, 1.165) is 23.2 Å². The summed E-state index contributed by atoms with van der Waals surface area (Å²) in [5.41, 5.74) is 0.887. The van der Waals surface area contributed by atoms with Crippen molar-refractivity contribution in [1.82, 2.24) is 4.31 Å². The van der Waals surface area contributed by atoms with Crippen LogP contribution in [0.1, 0.15) is 12.0 Å². The van der Waals surface area contributed by atoms with E-state index in [0.29, 0.717) is 0 Å². The highest BCUT2D eigenvalue weighted by molar-refractivity contribution is 7.89. The molecular weight excluding hydrogens is 358 g/mol. The SMILES string of the molecule is COC(=O)[C@@H]1C[C@@H](OS(C)(=O)=O)CN1S(=O)(=O)c1ccc(C)cc1. The van der Waals surface area contributed by atoms with Crippen LogP contribution in [-0.2, 0) is 33.9 Å². The first kappa shape index (κ1) is 18.8. The lowest BCUT2D eigenvalue weighted by Crippen LogP contribution is -2.41. The topological polar surface area (TPSA) is 107 Å². The zero-order chi connectivity index (χ0) is 18.1. The van der Waals surface area contributed by atoms with Crippen molar-refractivity contribution in [1.29, 1.82) is 0 Å². The van der Waals surface area contributed by atoms with Gasteiger partial charge in [0, 0.05) is 13.0 Å². The van der Waals surface area contributed by atoms with E-state index in [9.17, 15) is 21.6 Å². The summed E-state index contributed by atoms with van der Waals surface area (Å²) in [5.74, 6) is -0.759. The second kappa shape index (κ2) is 6.79. The van der Waals surface area contributed by atoms with Crippen molar-refractivity contribution in [2.75, 3.05) is 19.9 Å². The number of aryl methyl sites for hydroxylation is 1. The Balaban J connectivity index is 2.36. The van der Waals surface area contributed by atoms with Crippen molar-refractivity contribution in [3.05, 3.63) is 29.8 Å². The number of esters is 1. The van der Waals surface area contributed by atoms with Crippen molar-refractivity contribution < 1.29 is 30.6 Å². The molecule has 1 saturated heterocycles. The molecule has 0 unspecified atom stereocenters. The lowest BCUT2D eigenvalue weighted by molar-refractivity contribution is -0.144. The molecule has 2 atom stereocenters. The van der Waals surface area contributed by atoms with Crippen molar-refractivity contribution in [2.24, 2.45) is 0 Å². The molecule has 134 valence electrons. The van der Waals surface area contributed by atoms with Gasteiger partial charge in [-0.2, -0.15) is 12.7 Å². The normalized spacial score (nSPS) is 22.5. The molecular formula is C14H19NO7S2. The number of rotatable bonds is 5. The highest BCUT2D eigenvalue weighted by atomic mass is 32.2. The third kappa shape index (κ3) is 4.12. The van der Waals surface area contributed by atoms with E-state index in [1.807, 2.05) is 6.92 Å². The molecule has 0 radical (unpaired) electrons. The summed E-state index contributed by atoms with van der Waals surface area (Å²) < 4.78 is 58.6. The number of hydrogen-bond donors (Lipinski definition) is 0. The van der Waals surface area contributed by atoms with Crippen LogP contribution in [0.4, 0.5) is 0 Å². The summed E-state index contributed by atoms with van der Waals surface area (Å²) in [7, 11) is -6.62. The van der Waals surface area contributed by atoms with E-state index < -0.39 is 38.3 Å². The summed E-state index contributed by atoms with van der Waals surface area (Å²) in [6, 6.07) is 5.02. The fraction of sp³-hybridized carbons (Fsp3) is 0.500. The zero-order valence-electron chi connectivity index (χ0n) is 13.5. The first-order valence-electron chi connectivity index (χ1n) is 7.09. The Hall–Kier alpha value is -1.49. The predicted octanol–water partition coefficient (Wildman–Crippen LogP) is 0.276. The average Bonchev–Trinajstić information content (AvgIpc) is 2.89. The van der Waals surface area contributed by atoms with E-state index in [1.165, 1.54) is 12.1 Å². The van der Waals surface area contributed by atoms with Crippen LogP contribution in [0.25, 0.3) is 0 Å². The summed E-state index contributed by atoms with van der Waals surface area (Å²) >= 11 is 0. The monoisotopic (exact) mass is 377 g/mol. The number of hydrogen-bond acceptors (Lipinski definition) is 7. The van der Waals surface area contributed by atoms with Gasteiger partial charge >= 0.3 is 5.97 Å². The van der Waals surface area contributed by atoms with Gasteiger partial charge in [-0.25, -0.2) is 8.42 Å². The minimum Gasteiger partial charge on any atom is -0.468 e. The molecule has 1 heterocycles. The predicted molar refractivity (Wildman–Crippen MR) is 85.2 cm³/mol. The number of carbonyl (C=O) groups excluding carboxylic acids is 1. The van der Waals surface area contributed by atoms with Crippen LogP contribution in [0.15, 0.2) is 29.2 Å². The quantitative estimate of drug-likeness (QED) is 0.536. The van der Waals surface area contributed by atoms with E-state index >= 15 is 0 Å². The molecule has 0 aliphatic carbocycles. The third-order valence-electron chi connectivity index (χ3n) is 3.63. The fourth-order valence-electron chi connectivity index (χ4n) is 2.55. The van der Waals surface area contributed by atoms with Crippen LogP contribution in [-0.4, -0.2) is 59.2 Å². The van der Waals surface area contributed by atoms with Crippen molar-refractivity contribution in [3.63, 3.8) is 0 Å². The van der Waals surface area contributed by atoms with Gasteiger partial charge in [-0.05, 0) is 19.1 Å². The maximum atomic E-state index is 12.8. The van der Waals surface area contributed by atoms with E-state index in [1.54, 1.807) is 12.1 Å². The number of sulfonamides is 1. The number of nitrogens with zero attached hydrogens (tertiary/aromatic N) is 1. The second-order valence-electron chi connectivity index (χ2n) is 5.58. The van der Waals surface area contributed by atoms with Crippen LogP contribution >= 0.6 is 0 Å². The molecule has 1 aromatic carbocycles. The third-order valence-corrected chi connectivity index (χ3v) is 6.14. The summed E-state index contributed by atoms with van der Waals surface area (Å²) in [6.45, 7) is 1.57. The number of methoxy groups -OCH3 is 1. The molecule has 0 bridgehead atoms. The minimum absolute atomic E-state index is 0.0157. The first-order chi connectivity index (χ1) is 11.0. The molecule has 8 nitrogen and oxygen atoms in total. The van der Waals surface area contributed by atoms with Gasteiger partial charge in [0.1, 0.15) is 6.04 Å². The van der Waals surface area contributed by atoms with Crippen LogP contribution in [0.2, 0.25) is 0 Å². The van der Waals surface area contributed by atoms with Gasteiger partial charge in [0.2, 0.25) is 10.0 Å². The van der Waals surface area contributed by atoms with Crippen molar-refractivity contribution >= 4 is 26.1 Å². The number of benzene rings is 1. The van der Waals surface area contributed by atoms with Gasteiger partial charge in [0.05, 0.1) is 24.4 Å². The molecule has 0 saturated carbocycles. The van der Waals surface area contributed by atoms with Gasteiger partial charge in [0.15, 0.2) is 0 Å². The summed E-state index contributed by atoms with van der Waals surface area (Å²) in [5, 5.41) is 0. The molecule has 0 N–H and O–H groups in total. The molecule has 1 aliphatic heterocycles. The Bertz CT molecular complexity index is 815. The van der Waals surface area contributed by atoms with Gasteiger partial charge in [-0.1, -0.05) is 17.7 Å². The Morgan fingerprint density at radius 3 is 2.25 bits per heavy atom. The molecule has 0 amide bonds. The Labute approximate surface area is 141 Å². The summed E-state index contributed by atoms with van der Waals surface area (Å²) in [6.07, 6.45) is -0.161. The van der Waals surface area contributed by atoms with Gasteiger partial charge < -0.3 is 4.74 Å².